The molecule has 0 fully saturated rings. The summed E-state index contributed by atoms with van der Waals surface area (Å²) < 4.78 is 0. The number of aromatic nitrogens is 2. The highest BCUT2D eigenvalue weighted by atomic mass is 32.2. The average Bonchev–Trinajstić information content (AvgIpc) is 2.89. The molecule has 1 aromatic heterocycles. The highest BCUT2D eigenvalue weighted by molar-refractivity contribution is 7.99. The van der Waals surface area contributed by atoms with Gasteiger partial charge in [0, 0.05) is 18.1 Å². The number of amidine groups is 1. The first-order valence-corrected chi connectivity index (χ1v) is 10.2. The number of nitrogens with one attached hydrogen (secondary N) is 1. The Morgan fingerprint density at radius 2 is 1.59 bits per heavy atom. The predicted octanol–water partition coefficient (Wildman–Crippen LogP) is 4.30. The number of rotatable bonds is 4. The van der Waals surface area contributed by atoms with Crippen LogP contribution in [0.15, 0.2) is 88.2 Å². The quantitative estimate of drug-likeness (QED) is 0.522. The van der Waals surface area contributed by atoms with Crippen LogP contribution in [0.3, 0.4) is 0 Å². The average molecular weight is 401 g/mol. The maximum atomic E-state index is 12.7. The molecule has 1 atom stereocenters. The number of hydrogen-bond acceptors (Lipinski definition) is 6. The second-order valence-corrected chi connectivity index (χ2v) is 7.39. The number of aliphatic imine (C=N–C) groups is 2. The molecule has 2 heterocycles. The Hall–Kier alpha value is -3.32. The molecule has 0 radical (unpaired) electrons. The first kappa shape index (κ1) is 19.0. The fourth-order valence-corrected chi connectivity index (χ4v) is 3.72. The van der Waals surface area contributed by atoms with Crippen LogP contribution >= 0.6 is 11.8 Å². The van der Waals surface area contributed by atoms with Gasteiger partial charge in [-0.2, -0.15) is 0 Å². The lowest BCUT2D eigenvalue weighted by Gasteiger charge is -2.19. The lowest BCUT2D eigenvalue weighted by atomic mass is 9.93. The Balaban J connectivity index is 1.63. The van der Waals surface area contributed by atoms with Crippen molar-refractivity contribution in [3.8, 4) is 0 Å². The second-order valence-electron chi connectivity index (χ2n) is 6.45. The van der Waals surface area contributed by atoms with Crippen LogP contribution in [0.2, 0.25) is 0 Å². The molecular weight excluding hydrogens is 382 g/mol. The molecule has 7 heteroatoms. The number of carbonyl (C=O) groups excluding carboxylic acids is 1. The Labute approximate surface area is 173 Å². The molecule has 0 spiro atoms. The number of benzene rings is 2. The van der Waals surface area contributed by atoms with Gasteiger partial charge in [-0.3, -0.25) is 9.79 Å². The monoisotopic (exact) mass is 401 g/mol. The number of fused-ring (bicyclic) bond motifs is 1. The first-order chi connectivity index (χ1) is 14.2. The maximum Gasteiger partial charge on any atom is 0.235 e. The van der Waals surface area contributed by atoms with E-state index in [0.29, 0.717) is 11.0 Å². The van der Waals surface area contributed by atoms with Gasteiger partial charge in [0.15, 0.2) is 5.16 Å². The molecule has 1 unspecified atom stereocenters. The van der Waals surface area contributed by atoms with Gasteiger partial charge in [0.05, 0.1) is 23.0 Å². The van der Waals surface area contributed by atoms with E-state index in [4.69, 9.17) is 9.98 Å². The summed E-state index contributed by atoms with van der Waals surface area (Å²) in [5.74, 6) is 0.379. The standard InChI is InChI=1S/C22H19N5OS/c1-15-20(16-8-3-2-4-9-16)21(26-18-11-6-5-10-17(18)25-15)27-19(28)14-29-22-23-12-7-13-24-22/h2-13,20H,14H2,1H3,(H,26,27,28). The lowest BCUT2D eigenvalue weighted by molar-refractivity contribution is -0.117. The van der Waals surface area contributed by atoms with E-state index in [2.05, 4.69) is 15.3 Å². The third-order valence-electron chi connectivity index (χ3n) is 4.39. The molecule has 3 aromatic rings. The van der Waals surface area contributed by atoms with Crippen LogP contribution in [0.4, 0.5) is 11.4 Å². The molecule has 2 aromatic carbocycles. The second kappa shape index (κ2) is 8.79. The zero-order chi connectivity index (χ0) is 20.1. The molecule has 1 aliphatic rings. The van der Waals surface area contributed by atoms with E-state index in [1.54, 1.807) is 18.5 Å². The molecular formula is C22H19N5OS. The van der Waals surface area contributed by atoms with Crippen molar-refractivity contribution in [2.45, 2.75) is 18.0 Å². The van der Waals surface area contributed by atoms with Crippen molar-refractivity contribution in [3.63, 3.8) is 0 Å². The zero-order valence-electron chi connectivity index (χ0n) is 15.8. The van der Waals surface area contributed by atoms with Crippen molar-refractivity contribution < 1.29 is 4.79 Å². The third kappa shape index (κ3) is 4.57. The van der Waals surface area contributed by atoms with E-state index < -0.39 is 0 Å². The molecule has 0 aliphatic carbocycles. The Morgan fingerprint density at radius 1 is 0.931 bits per heavy atom. The first-order valence-electron chi connectivity index (χ1n) is 9.18. The van der Waals surface area contributed by atoms with Crippen LogP contribution in [0.1, 0.15) is 18.4 Å². The van der Waals surface area contributed by atoms with Crippen molar-refractivity contribution in [1.82, 2.24) is 15.3 Å². The molecule has 4 rings (SSSR count). The van der Waals surface area contributed by atoms with Crippen LogP contribution in [0.25, 0.3) is 0 Å². The molecule has 6 nitrogen and oxygen atoms in total. The Bertz CT molecular complexity index is 1070. The summed E-state index contributed by atoms with van der Waals surface area (Å²) >= 11 is 1.29. The van der Waals surface area contributed by atoms with Crippen LogP contribution in [0, 0.1) is 0 Å². The topological polar surface area (TPSA) is 79.6 Å². The SMILES string of the molecule is CC1=Nc2ccccc2N=C(NC(=O)CSc2ncccn2)C1c1ccccc1. The molecule has 0 saturated heterocycles. The summed E-state index contributed by atoms with van der Waals surface area (Å²) in [6, 6.07) is 19.4. The van der Waals surface area contributed by atoms with Crippen molar-refractivity contribution >= 4 is 40.6 Å². The highest BCUT2D eigenvalue weighted by Gasteiger charge is 2.26. The van der Waals surface area contributed by atoms with E-state index in [9.17, 15) is 4.79 Å². The van der Waals surface area contributed by atoms with Gasteiger partial charge in [-0.15, -0.1) is 0 Å². The largest absolute Gasteiger partial charge is 0.313 e. The fourth-order valence-electron chi connectivity index (χ4n) is 3.11. The Morgan fingerprint density at radius 3 is 2.31 bits per heavy atom. The van der Waals surface area contributed by atoms with Gasteiger partial charge in [0.1, 0.15) is 5.84 Å². The van der Waals surface area contributed by atoms with Crippen molar-refractivity contribution in [3.05, 3.63) is 78.6 Å². The number of carbonyl (C=O) groups is 1. The molecule has 1 amide bonds. The minimum atomic E-state index is -0.231. The number of amides is 1. The molecule has 1 N–H and O–H groups in total. The highest BCUT2D eigenvalue weighted by Crippen LogP contribution is 2.34. The summed E-state index contributed by atoms with van der Waals surface area (Å²) in [6.07, 6.45) is 3.32. The summed E-state index contributed by atoms with van der Waals surface area (Å²) in [6.45, 7) is 1.97. The van der Waals surface area contributed by atoms with Gasteiger partial charge >= 0.3 is 0 Å². The molecule has 0 bridgehead atoms. The fraction of sp³-hybridized carbons (Fsp3) is 0.136. The number of thioether (sulfide) groups is 1. The van der Waals surface area contributed by atoms with E-state index in [1.807, 2.05) is 61.5 Å². The van der Waals surface area contributed by atoms with E-state index in [1.165, 1.54) is 11.8 Å². The summed E-state index contributed by atoms with van der Waals surface area (Å²) in [5, 5.41) is 3.57. The van der Waals surface area contributed by atoms with Gasteiger partial charge in [-0.25, -0.2) is 15.0 Å². The third-order valence-corrected chi connectivity index (χ3v) is 5.26. The van der Waals surface area contributed by atoms with Gasteiger partial charge in [0.2, 0.25) is 5.91 Å². The van der Waals surface area contributed by atoms with Gasteiger partial charge in [0.25, 0.3) is 0 Å². The summed E-state index contributed by atoms with van der Waals surface area (Å²) in [7, 11) is 0. The van der Waals surface area contributed by atoms with Crippen LogP contribution < -0.4 is 5.32 Å². The lowest BCUT2D eigenvalue weighted by Crippen LogP contribution is -2.38. The van der Waals surface area contributed by atoms with E-state index >= 15 is 0 Å². The summed E-state index contributed by atoms with van der Waals surface area (Å²) in [4.78, 5) is 30.5. The van der Waals surface area contributed by atoms with Crippen molar-refractivity contribution in [1.29, 1.82) is 0 Å². The zero-order valence-corrected chi connectivity index (χ0v) is 16.6. The predicted molar refractivity (Wildman–Crippen MR) is 116 cm³/mol. The van der Waals surface area contributed by atoms with Gasteiger partial charge in [-0.05, 0) is 30.7 Å². The minimum absolute atomic E-state index is 0.158. The van der Waals surface area contributed by atoms with Crippen molar-refractivity contribution in [2.24, 2.45) is 9.98 Å². The van der Waals surface area contributed by atoms with Crippen LogP contribution in [-0.2, 0) is 4.79 Å². The maximum absolute atomic E-state index is 12.7. The van der Waals surface area contributed by atoms with Gasteiger partial charge < -0.3 is 5.32 Å². The van der Waals surface area contributed by atoms with Gasteiger partial charge in [-0.1, -0.05) is 54.2 Å². The normalized spacial score (nSPS) is 15.6. The number of para-hydroxylation sites is 2. The van der Waals surface area contributed by atoms with Crippen molar-refractivity contribution in [2.75, 3.05) is 5.75 Å². The molecule has 1 aliphatic heterocycles. The van der Waals surface area contributed by atoms with E-state index in [-0.39, 0.29) is 17.6 Å². The number of hydrogen-bond donors (Lipinski definition) is 1. The smallest absolute Gasteiger partial charge is 0.235 e. The van der Waals surface area contributed by atoms with Crippen LogP contribution in [0.5, 0.6) is 0 Å². The summed E-state index contributed by atoms with van der Waals surface area (Å²) in [5.41, 5.74) is 3.43. The number of nitrogens with zero attached hydrogens (tertiary/aromatic N) is 4. The van der Waals surface area contributed by atoms with E-state index in [0.717, 1.165) is 22.6 Å². The Kier molecular flexibility index (Phi) is 5.76. The minimum Gasteiger partial charge on any atom is -0.313 e. The molecule has 144 valence electrons. The molecule has 29 heavy (non-hydrogen) atoms. The molecule has 0 saturated carbocycles. The van der Waals surface area contributed by atoms with Crippen LogP contribution in [-0.4, -0.2) is 33.2 Å².